The van der Waals surface area contributed by atoms with Crippen molar-refractivity contribution in [1.29, 1.82) is 0 Å². The van der Waals surface area contributed by atoms with Crippen LogP contribution in [-0.2, 0) is 27.8 Å². The molecule has 2 heterocycles. The number of fused-ring (bicyclic) bond motifs is 1. The average molecular weight is 427 g/mol. The van der Waals surface area contributed by atoms with Crippen molar-refractivity contribution in [3.63, 3.8) is 0 Å². The molecule has 3 N–H and O–H groups in total. The molecular formula is C20H18N4O3S2. The lowest BCUT2D eigenvalue weighted by Crippen LogP contribution is -2.25. The van der Waals surface area contributed by atoms with Crippen LogP contribution in [-0.4, -0.2) is 23.7 Å². The number of imidazole rings is 1. The number of rotatable bonds is 6. The van der Waals surface area contributed by atoms with Crippen molar-refractivity contribution in [3.05, 3.63) is 77.4 Å². The van der Waals surface area contributed by atoms with Crippen LogP contribution in [0.1, 0.15) is 11.3 Å². The summed E-state index contributed by atoms with van der Waals surface area (Å²) in [6, 6.07) is 16.0. The minimum absolute atomic E-state index is 0.0440. The SMILES string of the molecule is NS(=O)(=O)c1ccc(CNC(=O)Cc2csc3nc(-c4ccccc4)cn23)cc1. The minimum atomic E-state index is -3.72. The molecule has 0 fully saturated rings. The van der Waals surface area contributed by atoms with Crippen molar-refractivity contribution in [1.82, 2.24) is 14.7 Å². The van der Waals surface area contributed by atoms with Gasteiger partial charge in [0.1, 0.15) is 0 Å². The molecule has 0 radical (unpaired) electrons. The number of sulfonamides is 1. The van der Waals surface area contributed by atoms with Crippen LogP contribution in [0, 0.1) is 0 Å². The van der Waals surface area contributed by atoms with E-state index in [2.05, 4.69) is 10.3 Å². The van der Waals surface area contributed by atoms with E-state index >= 15 is 0 Å². The lowest BCUT2D eigenvalue weighted by Gasteiger charge is -2.06. The summed E-state index contributed by atoms with van der Waals surface area (Å²) in [7, 11) is -3.72. The van der Waals surface area contributed by atoms with E-state index in [1.54, 1.807) is 12.1 Å². The summed E-state index contributed by atoms with van der Waals surface area (Å²) in [6.45, 7) is 0.302. The van der Waals surface area contributed by atoms with Gasteiger partial charge in [0, 0.05) is 29.4 Å². The quantitative estimate of drug-likeness (QED) is 0.494. The number of nitrogens with two attached hydrogens (primary N) is 1. The Labute approximate surface area is 171 Å². The first kappa shape index (κ1) is 19.3. The number of carbonyl (C=O) groups excluding carboxylic acids is 1. The van der Waals surface area contributed by atoms with Gasteiger partial charge >= 0.3 is 0 Å². The standard InChI is InChI=1S/C20H18N4O3S2/c21-29(26,27)17-8-6-14(7-9-17)11-22-19(25)10-16-13-28-20-23-18(12-24(16)20)15-4-2-1-3-5-15/h1-9,12-13H,10-11H2,(H,22,25)(H2,21,26,27). The van der Waals surface area contributed by atoms with Crippen LogP contribution in [0.15, 0.2) is 71.1 Å². The summed E-state index contributed by atoms with van der Waals surface area (Å²) in [6.07, 6.45) is 2.16. The number of benzene rings is 2. The molecule has 0 saturated carbocycles. The second-order valence-corrected chi connectivity index (χ2v) is 8.91. The van der Waals surface area contributed by atoms with Gasteiger partial charge < -0.3 is 5.32 Å². The number of aromatic nitrogens is 2. The molecule has 0 saturated heterocycles. The van der Waals surface area contributed by atoms with Gasteiger partial charge in [-0.25, -0.2) is 18.5 Å². The zero-order valence-corrected chi connectivity index (χ0v) is 16.9. The minimum Gasteiger partial charge on any atom is -0.352 e. The highest BCUT2D eigenvalue weighted by Crippen LogP contribution is 2.23. The highest BCUT2D eigenvalue weighted by molar-refractivity contribution is 7.89. The van der Waals surface area contributed by atoms with E-state index in [9.17, 15) is 13.2 Å². The van der Waals surface area contributed by atoms with Crippen LogP contribution in [0.2, 0.25) is 0 Å². The fourth-order valence-electron chi connectivity index (χ4n) is 2.93. The molecule has 0 aliphatic rings. The maximum atomic E-state index is 12.4. The summed E-state index contributed by atoms with van der Waals surface area (Å²) >= 11 is 1.49. The Morgan fingerprint density at radius 3 is 2.52 bits per heavy atom. The van der Waals surface area contributed by atoms with Crippen molar-refractivity contribution >= 4 is 32.2 Å². The number of hydrogen-bond donors (Lipinski definition) is 2. The summed E-state index contributed by atoms with van der Waals surface area (Å²) in [5.41, 5.74) is 3.55. The van der Waals surface area contributed by atoms with E-state index in [1.165, 1.54) is 23.5 Å². The van der Waals surface area contributed by atoms with E-state index in [-0.39, 0.29) is 17.2 Å². The van der Waals surface area contributed by atoms with E-state index in [4.69, 9.17) is 5.14 Å². The lowest BCUT2D eigenvalue weighted by atomic mass is 10.2. The van der Waals surface area contributed by atoms with Crippen LogP contribution < -0.4 is 10.5 Å². The molecule has 4 aromatic rings. The molecule has 1 amide bonds. The Bertz CT molecular complexity index is 1260. The van der Waals surface area contributed by atoms with Gasteiger partial charge in [0.15, 0.2) is 4.96 Å². The zero-order chi connectivity index (χ0) is 20.4. The molecule has 2 aromatic carbocycles. The van der Waals surface area contributed by atoms with Gasteiger partial charge in [-0.1, -0.05) is 42.5 Å². The number of nitrogens with zero attached hydrogens (tertiary/aromatic N) is 2. The molecule has 4 rings (SSSR count). The summed E-state index contributed by atoms with van der Waals surface area (Å²) in [4.78, 5) is 17.9. The molecule has 0 unspecified atom stereocenters. The Hall–Kier alpha value is -3.01. The fraction of sp³-hybridized carbons (Fsp3) is 0.100. The van der Waals surface area contributed by atoms with Gasteiger partial charge in [-0.15, -0.1) is 11.3 Å². The van der Waals surface area contributed by atoms with E-state index in [0.717, 1.165) is 27.5 Å². The van der Waals surface area contributed by atoms with Gasteiger partial charge in [-0.05, 0) is 17.7 Å². The second-order valence-electron chi connectivity index (χ2n) is 6.51. The second kappa shape index (κ2) is 7.78. The maximum absolute atomic E-state index is 12.4. The van der Waals surface area contributed by atoms with Crippen LogP contribution in [0.4, 0.5) is 0 Å². The predicted octanol–water partition coefficient (Wildman–Crippen LogP) is 2.57. The van der Waals surface area contributed by atoms with Crippen LogP contribution in [0.3, 0.4) is 0 Å². The van der Waals surface area contributed by atoms with E-state index < -0.39 is 10.0 Å². The van der Waals surface area contributed by atoms with Crippen molar-refractivity contribution in [3.8, 4) is 11.3 Å². The average Bonchev–Trinajstić information content (AvgIpc) is 3.29. The summed E-state index contributed by atoms with van der Waals surface area (Å²) in [5, 5.41) is 9.86. The largest absolute Gasteiger partial charge is 0.352 e. The maximum Gasteiger partial charge on any atom is 0.238 e. The van der Waals surface area contributed by atoms with Crippen LogP contribution in [0.25, 0.3) is 16.2 Å². The number of thiazole rings is 1. The molecule has 0 atom stereocenters. The van der Waals surface area contributed by atoms with Crippen molar-refractivity contribution < 1.29 is 13.2 Å². The monoisotopic (exact) mass is 426 g/mol. The molecule has 0 bridgehead atoms. The van der Waals surface area contributed by atoms with E-state index in [1.807, 2.05) is 46.3 Å². The Balaban J connectivity index is 1.42. The molecule has 7 nitrogen and oxygen atoms in total. The van der Waals surface area contributed by atoms with Gasteiger partial charge in [-0.2, -0.15) is 0 Å². The Morgan fingerprint density at radius 2 is 1.83 bits per heavy atom. The first-order valence-electron chi connectivity index (χ1n) is 8.79. The molecule has 0 aliphatic heterocycles. The Morgan fingerprint density at radius 1 is 1.10 bits per heavy atom. The third-order valence-corrected chi connectivity index (χ3v) is 6.25. The van der Waals surface area contributed by atoms with Crippen LogP contribution in [0.5, 0.6) is 0 Å². The molecule has 0 aliphatic carbocycles. The highest BCUT2D eigenvalue weighted by atomic mass is 32.2. The molecule has 29 heavy (non-hydrogen) atoms. The molecule has 9 heteroatoms. The summed E-state index contributed by atoms with van der Waals surface area (Å²) in [5.74, 6) is -0.129. The first-order valence-corrected chi connectivity index (χ1v) is 11.2. The predicted molar refractivity (Wildman–Crippen MR) is 112 cm³/mol. The van der Waals surface area contributed by atoms with Gasteiger partial charge in [0.05, 0.1) is 17.0 Å². The van der Waals surface area contributed by atoms with Crippen molar-refractivity contribution in [2.75, 3.05) is 0 Å². The number of primary sulfonamides is 1. The van der Waals surface area contributed by atoms with Crippen molar-refractivity contribution in [2.45, 2.75) is 17.9 Å². The Kier molecular flexibility index (Phi) is 5.18. The third-order valence-electron chi connectivity index (χ3n) is 4.44. The molecule has 0 spiro atoms. The topological polar surface area (TPSA) is 107 Å². The lowest BCUT2D eigenvalue weighted by molar-refractivity contribution is -0.120. The fourth-order valence-corrected chi connectivity index (χ4v) is 4.32. The first-order chi connectivity index (χ1) is 13.9. The third kappa shape index (κ3) is 4.37. The van der Waals surface area contributed by atoms with Crippen LogP contribution >= 0.6 is 11.3 Å². The van der Waals surface area contributed by atoms with Crippen molar-refractivity contribution in [2.24, 2.45) is 5.14 Å². The number of nitrogens with one attached hydrogen (secondary N) is 1. The zero-order valence-electron chi connectivity index (χ0n) is 15.3. The normalized spacial score (nSPS) is 11.6. The van der Waals surface area contributed by atoms with E-state index in [0.29, 0.717) is 6.54 Å². The van der Waals surface area contributed by atoms with Gasteiger partial charge in [0.25, 0.3) is 0 Å². The molecule has 148 valence electrons. The number of hydrogen-bond acceptors (Lipinski definition) is 5. The van der Waals surface area contributed by atoms with Gasteiger partial charge in [-0.3, -0.25) is 9.20 Å². The summed E-state index contributed by atoms with van der Waals surface area (Å²) < 4.78 is 24.5. The smallest absolute Gasteiger partial charge is 0.238 e. The number of amides is 1. The van der Waals surface area contributed by atoms with Gasteiger partial charge in [0.2, 0.25) is 15.9 Å². The molecular weight excluding hydrogens is 408 g/mol. The number of carbonyl (C=O) groups is 1. The molecule has 2 aromatic heterocycles. The highest BCUT2D eigenvalue weighted by Gasteiger charge is 2.13.